The van der Waals surface area contributed by atoms with Crippen molar-refractivity contribution >= 4 is 5.78 Å². The molecular formula is C12H12F2O3. The lowest BCUT2D eigenvalue weighted by molar-refractivity contribution is -0.154. The Morgan fingerprint density at radius 2 is 1.94 bits per heavy atom. The normalized spacial score (nSPS) is 23.4. The zero-order valence-corrected chi connectivity index (χ0v) is 9.28. The Hall–Kier alpha value is -1.49. The molecule has 2 rings (SSSR count). The second-order valence-electron chi connectivity index (χ2n) is 3.81. The molecule has 0 amide bonds. The lowest BCUT2D eigenvalue weighted by Crippen LogP contribution is -2.52. The van der Waals surface area contributed by atoms with Crippen LogP contribution in [0.2, 0.25) is 0 Å². The summed E-state index contributed by atoms with van der Waals surface area (Å²) in [5.41, 5.74) is 0. The van der Waals surface area contributed by atoms with Crippen molar-refractivity contribution in [1.82, 2.24) is 0 Å². The fourth-order valence-electron chi connectivity index (χ4n) is 1.72. The highest BCUT2D eigenvalue weighted by Gasteiger charge is 2.42. The third kappa shape index (κ3) is 2.61. The number of ketones is 1. The second-order valence-corrected chi connectivity index (χ2v) is 3.81. The van der Waals surface area contributed by atoms with E-state index in [0.717, 1.165) is 18.2 Å². The van der Waals surface area contributed by atoms with Crippen molar-refractivity contribution < 1.29 is 23.0 Å². The van der Waals surface area contributed by atoms with Gasteiger partial charge in [0.25, 0.3) is 0 Å². The molecule has 2 unspecified atom stereocenters. The van der Waals surface area contributed by atoms with Gasteiger partial charge < -0.3 is 9.47 Å². The number of benzene rings is 1. The molecule has 0 spiro atoms. The monoisotopic (exact) mass is 242 g/mol. The molecule has 17 heavy (non-hydrogen) atoms. The minimum atomic E-state index is -0.710. The molecule has 92 valence electrons. The molecule has 5 heteroatoms. The highest BCUT2D eigenvalue weighted by Crippen LogP contribution is 2.26. The Morgan fingerprint density at radius 1 is 1.29 bits per heavy atom. The van der Waals surface area contributed by atoms with E-state index in [1.807, 2.05) is 0 Å². The number of carbonyl (C=O) groups is 1. The summed E-state index contributed by atoms with van der Waals surface area (Å²) in [4.78, 5) is 11.2. The molecule has 0 radical (unpaired) electrons. The highest BCUT2D eigenvalue weighted by molar-refractivity contribution is 5.90. The lowest BCUT2D eigenvalue weighted by atomic mass is 9.90. The Balaban J connectivity index is 2.03. The van der Waals surface area contributed by atoms with E-state index in [2.05, 4.69) is 0 Å². The Labute approximate surface area is 97.3 Å². The first kappa shape index (κ1) is 12.0. The molecule has 0 saturated heterocycles. The van der Waals surface area contributed by atoms with Crippen molar-refractivity contribution in [3.63, 3.8) is 0 Å². The van der Waals surface area contributed by atoms with Gasteiger partial charge in [-0.3, -0.25) is 4.79 Å². The fourth-order valence-corrected chi connectivity index (χ4v) is 1.72. The predicted molar refractivity (Wildman–Crippen MR) is 55.8 cm³/mol. The van der Waals surface area contributed by atoms with Crippen LogP contribution in [-0.4, -0.2) is 24.6 Å². The van der Waals surface area contributed by atoms with Gasteiger partial charge in [0.05, 0.1) is 0 Å². The Morgan fingerprint density at radius 3 is 2.47 bits per heavy atom. The molecule has 0 aromatic heterocycles. The third-order valence-electron chi connectivity index (χ3n) is 2.53. The van der Waals surface area contributed by atoms with E-state index in [-0.39, 0.29) is 18.0 Å². The molecule has 3 nitrogen and oxygen atoms in total. The topological polar surface area (TPSA) is 35.5 Å². The zero-order valence-electron chi connectivity index (χ0n) is 9.28. The summed E-state index contributed by atoms with van der Waals surface area (Å²) in [5.74, 6) is -1.39. The molecule has 0 heterocycles. The first-order valence-electron chi connectivity index (χ1n) is 5.37. The van der Waals surface area contributed by atoms with Gasteiger partial charge >= 0.3 is 0 Å². The van der Waals surface area contributed by atoms with Crippen molar-refractivity contribution in [3.05, 3.63) is 29.8 Å². The summed E-state index contributed by atoms with van der Waals surface area (Å²) < 4.78 is 36.3. The van der Waals surface area contributed by atoms with Gasteiger partial charge in [0.2, 0.25) is 0 Å². The molecule has 1 fully saturated rings. The van der Waals surface area contributed by atoms with E-state index in [9.17, 15) is 13.6 Å². The Kier molecular flexibility index (Phi) is 3.38. The fraction of sp³-hybridized carbons (Fsp3) is 0.417. The van der Waals surface area contributed by atoms with Crippen LogP contribution in [0.3, 0.4) is 0 Å². The van der Waals surface area contributed by atoms with Gasteiger partial charge in [-0.25, -0.2) is 8.78 Å². The van der Waals surface area contributed by atoms with Crippen LogP contribution < -0.4 is 4.74 Å². The van der Waals surface area contributed by atoms with Gasteiger partial charge in [-0.15, -0.1) is 0 Å². The first-order chi connectivity index (χ1) is 8.10. The maximum absolute atomic E-state index is 12.9. The molecule has 1 aromatic carbocycles. The molecule has 1 aliphatic carbocycles. The van der Waals surface area contributed by atoms with Gasteiger partial charge in [-0.2, -0.15) is 0 Å². The predicted octanol–water partition coefficient (Wildman–Crippen LogP) is 2.09. The van der Waals surface area contributed by atoms with Crippen LogP contribution in [0.25, 0.3) is 0 Å². The summed E-state index contributed by atoms with van der Waals surface area (Å²) in [6.07, 6.45) is -0.863. The molecule has 1 saturated carbocycles. The van der Waals surface area contributed by atoms with E-state index >= 15 is 0 Å². The molecule has 0 aliphatic heterocycles. The largest absolute Gasteiger partial charge is 0.487 e. The van der Waals surface area contributed by atoms with Gasteiger partial charge in [-0.05, 0) is 6.92 Å². The third-order valence-corrected chi connectivity index (χ3v) is 2.53. The molecule has 1 aromatic rings. The van der Waals surface area contributed by atoms with Gasteiger partial charge in [0.15, 0.2) is 11.9 Å². The molecule has 0 bridgehead atoms. The van der Waals surface area contributed by atoms with Gasteiger partial charge in [0, 0.05) is 31.2 Å². The summed E-state index contributed by atoms with van der Waals surface area (Å²) in [6.45, 7) is 2.16. The molecular weight excluding hydrogens is 230 g/mol. The highest BCUT2D eigenvalue weighted by atomic mass is 19.1. The molecule has 0 N–H and O–H groups in total. The van der Waals surface area contributed by atoms with Gasteiger partial charge in [0.1, 0.15) is 23.5 Å². The molecule has 1 aliphatic rings. The number of hydrogen-bond donors (Lipinski definition) is 0. The van der Waals surface area contributed by atoms with Crippen LogP contribution in [-0.2, 0) is 9.53 Å². The van der Waals surface area contributed by atoms with Crippen LogP contribution >= 0.6 is 0 Å². The number of carbonyl (C=O) groups excluding carboxylic acids is 1. The van der Waals surface area contributed by atoms with Crippen LogP contribution in [0.4, 0.5) is 8.78 Å². The Bertz CT molecular complexity index is 414. The summed E-state index contributed by atoms with van der Waals surface area (Å²) in [7, 11) is 0. The minimum absolute atomic E-state index is 0.0475. The number of Topliss-reactive ketones (excluding diaryl/α,β-unsaturated/α-hetero) is 1. The average molecular weight is 242 g/mol. The van der Waals surface area contributed by atoms with Crippen molar-refractivity contribution in [3.8, 4) is 5.75 Å². The van der Waals surface area contributed by atoms with E-state index in [4.69, 9.17) is 9.47 Å². The zero-order chi connectivity index (χ0) is 12.4. The van der Waals surface area contributed by atoms with Crippen molar-refractivity contribution in [2.75, 3.05) is 6.61 Å². The van der Waals surface area contributed by atoms with E-state index in [1.165, 1.54) is 0 Å². The quantitative estimate of drug-likeness (QED) is 0.811. The maximum Gasteiger partial charge on any atom is 0.169 e. The summed E-state index contributed by atoms with van der Waals surface area (Å²) in [5, 5.41) is 0. The van der Waals surface area contributed by atoms with Crippen molar-refractivity contribution in [2.45, 2.75) is 25.6 Å². The van der Waals surface area contributed by atoms with E-state index in [1.54, 1.807) is 6.92 Å². The molecule has 2 atom stereocenters. The lowest BCUT2D eigenvalue weighted by Gasteiger charge is -2.34. The standard InChI is InChI=1S/C12H12F2O3/c1-2-16-12-10(15)6-11(12)17-9-4-7(13)3-8(14)5-9/h3-5,11-12H,2,6H2,1H3. The van der Waals surface area contributed by atoms with Crippen molar-refractivity contribution in [2.24, 2.45) is 0 Å². The minimum Gasteiger partial charge on any atom is -0.487 e. The maximum atomic E-state index is 12.9. The first-order valence-corrected chi connectivity index (χ1v) is 5.37. The van der Waals surface area contributed by atoms with E-state index < -0.39 is 23.8 Å². The van der Waals surface area contributed by atoms with Crippen molar-refractivity contribution in [1.29, 1.82) is 0 Å². The van der Waals surface area contributed by atoms with Crippen LogP contribution in [0.5, 0.6) is 5.75 Å². The van der Waals surface area contributed by atoms with Crippen LogP contribution in [0.1, 0.15) is 13.3 Å². The van der Waals surface area contributed by atoms with E-state index in [0.29, 0.717) is 6.61 Å². The number of hydrogen-bond acceptors (Lipinski definition) is 3. The number of halogens is 2. The smallest absolute Gasteiger partial charge is 0.169 e. The number of rotatable bonds is 4. The van der Waals surface area contributed by atoms with Gasteiger partial charge in [-0.1, -0.05) is 0 Å². The summed E-state index contributed by atoms with van der Waals surface area (Å²) >= 11 is 0. The average Bonchev–Trinajstić information content (AvgIpc) is 2.24. The number of ether oxygens (including phenoxy) is 2. The summed E-state index contributed by atoms with van der Waals surface area (Å²) in [6, 6.07) is 2.92. The second kappa shape index (κ2) is 4.79. The van der Waals surface area contributed by atoms with Crippen LogP contribution in [0, 0.1) is 11.6 Å². The SMILES string of the molecule is CCOC1C(=O)CC1Oc1cc(F)cc(F)c1. The van der Waals surface area contributed by atoms with Crippen LogP contribution in [0.15, 0.2) is 18.2 Å².